The van der Waals surface area contributed by atoms with Crippen molar-refractivity contribution >= 4 is 5.91 Å². The lowest BCUT2D eigenvalue weighted by molar-refractivity contribution is -0.127. The highest BCUT2D eigenvalue weighted by Gasteiger charge is 2.31. The molecule has 1 aliphatic carbocycles. The predicted molar refractivity (Wildman–Crippen MR) is 88.1 cm³/mol. The molecule has 1 saturated carbocycles. The van der Waals surface area contributed by atoms with E-state index in [9.17, 15) is 9.90 Å². The van der Waals surface area contributed by atoms with Crippen LogP contribution in [-0.2, 0) is 11.3 Å². The van der Waals surface area contributed by atoms with Gasteiger partial charge in [-0.1, -0.05) is 31.4 Å². The van der Waals surface area contributed by atoms with E-state index >= 15 is 0 Å². The van der Waals surface area contributed by atoms with Gasteiger partial charge in [-0.2, -0.15) is 5.10 Å². The van der Waals surface area contributed by atoms with E-state index in [-0.39, 0.29) is 12.3 Å². The minimum Gasteiger partial charge on any atom is -0.389 e. The Labute approximate surface area is 136 Å². The number of rotatable bonds is 5. The third kappa shape index (κ3) is 4.20. The van der Waals surface area contributed by atoms with E-state index in [1.807, 2.05) is 36.5 Å². The highest BCUT2D eigenvalue weighted by molar-refractivity contribution is 5.77. The zero-order valence-corrected chi connectivity index (χ0v) is 13.2. The van der Waals surface area contributed by atoms with Crippen LogP contribution in [0.2, 0.25) is 0 Å². The van der Waals surface area contributed by atoms with Crippen molar-refractivity contribution in [2.24, 2.45) is 0 Å². The van der Waals surface area contributed by atoms with Gasteiger partial charge in [0.25, 0.3) is 0 Å². The van der Waals surface area contributed by atoms with Gasteiger partial charge >= 0.3 is 0 Å². The maximum atomic E-state index is 12.1. The van der Waals surface area contributed by atoms with Gasteiger partial charge in [0.1, 0.15) is 0 Å². The van der Waals surface area contributed by atoms with E-state index in [2.05, 4.69) is 10.4 Å². The third-order valence-electron chi connectivity index (χ3n) is 4.47. The number of aliphatic hydroxyl groups is 1. The van der Waals surface area contributed by atoms with Gasteiger partial charge in [-0.05, 0) is 36.6 Å². The Balaban J connectivity index is 1.51. The number of nitrogens with zero attached hydrogens (tertiary/aromatic N) is 2. The Morgan fingerprint density at radius 3 is 2.61 bits per heavy atom. The first-order chi connectivity index (χ1) is 11.1. The summed E-state index contributed by atoms with van der Waals surface area (Å²) in [5.74, 6) is -0.0782. The molecule has 1 amide bonds. The minimum absolute atomic E-state index is 0.0782. The van der Waals surface area contributed by atoms with Crippen LogP contribution in [0.15, 0.2) is 42.7 Å². The molecule has 2 aromatic rings. The van der Waals surface area contributed by atoms with E-state index in [0.29, 0.717) is 6.54 Å². The molecule has 0 spiro atoms. The first-order valence-corrected chi connectivity index (χ1v) is 8.23. The average Bonchev–Trinajstić information content (AvgIpc) is 3.08. The zero-order valence-electron chi connectivity index (χ0n) is 13.2. The molecule has 2 N–H and O–H groups in total. The predicted octanol–water partition coefficient (Wildman–Crippen LogP) is 2.57. The van der Waals surface area contributed by atoms with E-state index in [1.165, 1.54) is 0 Å². The second-order valence-corrected chi connectivity index (χ2v) is 6.36. The fourth-order valence-corrected chi connectivity index (χ4v) is 3.14. The molecule has 0 radical (unpaired) electrons. The quantitative estimate of drug-likeness (QED) is 0.891. The summed E-state index contributed by atoms with van der Waals surface area (Å²) < 4.78 is 1.79. The molecule has 3 rings (SSSR count). The van der Waals surface area contributed by atoms with Crippen molar-refractivity contribution in [1.29, 1.82) is 0 Å². The molecule has 5 heteroatoms. The second kappa shape index (κ2) is 6.96. The summed E-state index contributed by atoms with van der Waals surface area (Å²) in [5.41, 5.74) is 1.22. The molecule has 1 heterocycles. The van der Waals surface area contributed by atoms with Gasteiger partial charge in [-0.3, -0.25) is 4.79 Å². The summed E-state index contributed by atoms with van der Waals surface area (Å²) in [7, 11) is 0. The largest absolute Gasteiger partial charge is 0.389 e. The molecule has 0 aliphatic heterocycles. The number of amides is 1. The van der Waals surface area contributed by atoms with E-state index in [1.54, 1.807) is 10.9 Å². The number of benzene rings is 1. The molecule has 1 aromatic heterocycles. The maximum Gasteiger partial charge on any atom is 0.223 e. The van der Waals surface area contributed by atoms with Crippen LogP contribution in [0.5, 0.6) is 0 Å². The maximum absolute atomic E-state index is 12.1. The molecule has 122 valence electrons. The molecular weight excluding hydrogens is 290 g/mol. The van der Waals surface area contributed by atoms with Gasteiger partial charge in [-0.25, -0.2) is 4.68 Å². The molecule has 1 fully saturated rings. The molecule has 1 aromatic carbocycles. The van der Waals surface area contributed by atoms with Crippen LogP contribution >= 0.6 is 0 Å². The summed E-state index contributed by atoms with van der Waals surface area (Å²) in [6, 6.07) is 9.79. The average molecular weight is 313 g/mol. The topological polar surface area (TPSA) is 67.2 Å². The van der Waals surface area contributed by atoms with E-state index in [4.69, 9.17) is 0 Å². The highest BCUT2D eigenvalue weighted by Crippen LogP contribution is 2.30. The van der Waals surface area contributed by atoms with Crippen molar-refractivity contribution in [1.82, 2.24) is 15.1 Å². The normalized spacial score (nSPS) is 16.9. The van der Waals surface area contributed by atoms with Gasteiger partial charge in [0, 0.05) is 18.9 Å². The molecule has 23 heavy (non-hydrogen) atoms. The van der Waals surface area contributed by atoms with Crippen molar-refractivity contribution in [2.45, 2.75) is 50.7 Å². The molecule has 0 atom stereocenters. The van der Waals surface area contributed by atoms with Gasteiger partial charge < -0.3 is 10.4 Å². The van der Waals surface area contributed by atoms with Crippen molar-refractivity contribution in [3.8, 4) is 5.69 Å². The van der Waals surface area contributed by atoms with Crippen molar-refractivity contribution in [3.63, 3.8) is 0 Å². The Kier molecular flexibility index (Phi) is 4.76. The highest BCUT2D eigenvalue weighted by atomic mass is 16.3. The van der Waals surface area contributed by atoms with Crippen LogP contribution in [0.25, 0.3) is 5.69 Å². The minimum atomic E-state index is -0.799. The molecule has 0 unspecified atom stereocenters. The first-order valence-electron chi connectivity index (χ1n) is 8.23. The Morgan fingerprint density at radius 2 is 1.96 bits per heavy atom. The van der Waals surface area contributed by atoms with Gasteiger partial charge in [-0.15, -0.1) is 0 Å². The van der Waals surface area contributed by atoms with Crippen LogP contribution in [0.1, 0.15) is 44.1 Å². The SMILES string of the molecule is O=C(CC1(O)CCCCC1)NCc1ccc(-n2cccn2)cc1. The van der Waals surface area contributed by atoms with E-state index < -0.39 is 5.60 Å². The van der Waals surface area contributed by atoms with Crippen LogP contribution < -0.4 is 5.32 Å². The molecule has 0 saturated heterocycles. The summed E-state index contributed by atoms with van der Waals surface area (Å²) in [6.07, 6.45) is 8.49. The smallest absolute Gasteiger partial charge is 0.223 e. The summed E-state index contributed by atoms with van der Waals surface area (Å²) in [4.78, 5) is 12.1. The third-order valence-corrected chi connectivity index (χ3v) is 4.47. The van der Waals surface area contributed by atoms with Gasteiger partial charge in [0.05, 0.1) is 17.7 Å². The number of nitrogens with one attached hydrogen (secondary N) is 1. The number of aromatic nitrogens is 2. The van der Waals surface area contributed by atoms with E-state index in [0.717, 1.165) is 43.4 Å². The van der Waals surface area contributed by atoms with Crippen molar-refractivity contribution in [3.05, 3.63) is 48.3 Å². The second-order valence-electron chi connectivity index (χ2n) is 6.36. The first kappa shape index (κ1) is 15.7. The number of hydrogen-bond acceptors (Lipinski definition) is 3. The van der Waals surface area contributed by atoms with Crippen LogP contribution in [0, 0.1) is 0 Å². The zero-order chi connectivity index (χ0) is 16.1. The number of carbonyl (C=O) groups excluding carboxylic acids is 1. The fraction of sp³-hybridized carbons (Fsp3) is 0.444. The lowest BCUT2D eigenvalue weighted by atomic mass is 9.82. The van der Waals surface area contributed by atoms with Gasteiger partial charge in [0.15, 0.2) is 0 Å². The lowest BCUT2D eigenvalue weighted by Crippen LogP contribution is -2.38. The van der Waals surface area contributed by atoms with Crippen molar-refractivity contribution in [2.75, 3.05) is 0 Å². The monoisotopic (exact) mass is 313 g/mol. The van der Waals surface area contributed by atoms with Crippen LogP contribution in [-0.4, -0.2) is 26.4 Å². The number of hydrogen-bond donors (Lipinski definition) is 2. The molecular formula is C18H23N3O2. The Hall–Kier alpha value is -2.14. The Morgan fingerprint density at radius 1 is 1.22 bits per heavy atom. The summed E-state index contributed by atoms with van der Waals surface area (Å²) in [6.45, 7) is 0.480. The van der Waals surface area contributed by atoms with Gasteiger partial charge in [0.2, 0.25) is 5.91 Å². The van der Waals surface area contributed by atoms with Crippen LogP contribution in [0.4, 0.5) is 0 Å². The summed E-state index contributed by atoms with van der Waals surface area (Å²) in [5, 5.41) is 17.5. The van der Waals surface area contributed by atoms with Crippen LogP contribution in [0.3, 0.4) is 0 Å². The molecule has 0 bridgehead atoms. The summed E-state index contributed by atoms with van der Waals surface area (Å²) >= 11 is 0. The molecule has 5 nitrogen and oxygen atoms in total. The van der Waals surface area contributed by atoms with Crippen molar-refractivity contribution < 1.29 is 9.90 Å². The number of carbonyl (C=O) groups is 1. The Bertz CT molecular complexity index is 629. The lowest BCUT2D eigenvalue weighted by Gasteiger charge is -2.31. The molecule has 1 aliphatic rings. The fourth-order valence-electron chi connectivity index (χ4n) is 3.14. The standard InChI is InChI=1S/C18H23N3O2/c22-17(13-18(23)9-2-1-3-10-18)19-14-15-5-7-16(8-6-15)21-12-4-11-20-21/h4-8,11-12,23H,1-3,9-10,13-14H2,(H,19,22).